The number of unbranched alkanes of at least 4 members (excludes halogenated alkanes) is 33. The first-order chi connectivity index (χ1) is 71.6. The van der Waals surface area contributed by atoms with Gasteiger partial charge < -0.3 is 162 Å². The minimum atomic E-state index is -1.16. The zero-order valence-electron chi connectivity index (χ0n) is 90.8. The van der Waals surface area contributed by atoms with Crippen LogP contribution in [0.25, 0.3) is 0 Å². The summed E-state index contributed by atoms with van der Waals surface area (Å²) in [5.74, 6) is 1.08. The molecule has 1 fully saturated rings. The second-order valence-corrected chi connectivity index (χ2v) is 35.3. The van der Waals surface area contributed by atoms with E-state index in [0.717, 1.165) is 51.4 Å². The van der Waals surface area contributed by atoms with Crippen LogP contribution in [-0.2, 0) is 137 Å². The van der Waals surface area contributed by atoms with Crippen molar-refractivity contribution in [2.75, 3.05) is 403 Å². The van der Waals surface area contributed by atoms with Gasteiger partial charge >= 0.3 is 0 Å². The first kappa shape index (κ1) is 137. The largest absolute Gasteiger partial charge is 0.490 e. The molecule has 35 nitrogen and oxygen atoms in total. The summed E-state index contributed by atoms with van der Waals surface area (Å²) in [6, 6.07) is 2.67. The molecule has 1 saturated heterocycles. The molecule has 0 spiro atoms. The van der Waals surface area contributed by atoms with Gasteiger partial charge in [-0.05, 0) is 31.4 Å². The molecule has 0 bridgehead atoms. The molecule has 0 saturated carbocycles. The van der Waals surface area contributed by atoms with Crippen LogP contribution in [0.4, 0.5) is 0 Å². The molecule has 1 heterocycles. The summed E-state index contributed by atoms with van der Waals surface area (Å²) in [5.41, 5.74) is 0.325. The SMILES string of the molecule is CCCCCCCCCCCCCCOc1cc(C(=O)NC2COCCOCCOCCOCCOCCOCCOCCOCCOCCOCCOCCOCCOCCOCCOCCOCCOCCOCCOCCOCCOCCOCCOCCOCCOCCOCCOCCOCCOCC2O)cc(OCCCCCCCCCCCCCC)c1OCCCCCCCCCCCCCC. The van der Waals surface area contributed by atoms with E-state index in [1.54, 1.807) is 12.1 Å². The van der Waals surface area contributed by atoms with Gasteiger partial charge in [-0.1, -0.05) is 233 Å². The molecule has 1 aliphatic heterocycles. The van der Waals surface area contributed by atoms with E-state index in [2.05, 4.69) is 26.1 Å². The van der Waals surface area contributed by atoms with Crippen molar-refractivity contribution in [1.82, 2.24) is 5.32 Å². The molecule has 2 atom stereocenters. The maximum atomic E-state index is 14.9. The quantitative estimate of drug-likeness (QED) is 0.0573. The molecule has 2 N–H and O–H groups in total. The van der Waals surface area contributed by atoms with Gasteiger partial charge in [0.1, 0.15) is 0 Å². The zero-order chi connectivity index (χ0) is 102. The van der Waals surface area contributed by atoms with Crippen LogP contribution in [0.2, 0.25) is 0 Å². The topological polar surface area (TPSA) is 345 Å². The summed E-state index contributed by atoms with van der Waals surface area (Å²) in [7, 11) is 0. The molecule has 854 valence electrons. The minimum Gasteiger partial charge on any atom is -0.490 e. The van der Waals surface area contributed by atoms with Crippen molar-refractivity contribution in [3.05, 3.63) is 17.7 Å². The van der Waals surface area contributed by atoms with Crippen LogP contribution in [0.5, 0.6) is 17.2 Å². The second-order valence-electron chi connectivity index (χ2n) is 35.3. The van der Waals surface area contributed by atoms with E-state index in [-0.39, 0.29) is 39.6 Å². The Morgan fingerprint density at radius 2 is 0.347 bits per heavy atom. The smallest absolute Gasteiger partial charge is 0.251 e. The first-order valence-electron chi connectivity index (χ1n) is 56.4. The van der Waals surface area contributed by atoms with Gasteiger partial charge in [0.05, 0.1) is 415 Å². The highest BCUT2D eigenvalue weighted by atomic mass is 16.6. The van der Waals surface area contributed by atoms with Crippen LogP contribution >= 0.6 is 0 Å². The number of benzene rings is 1. The molecule has 0 radical (unpaired) electrons. The van der Waals surface area contributed by atoms with E-state index in [1.807, 2.05) is 0 Å². The van der Waals surface area contributed by atoms with Crippen molar-refractivity contribution in [3.63, 3.8) is 0 Å². The fourth-order valence-electron chi connectivity index (χ4n) is 14.5. The van der Waals surface area contributed by atoms with Crippen LogP contribution in [0, 0.1) is 0 Å². The molecule has 1 aromatic carbocycles. The van der Waals surface area contributed by atoms with Gasteiger partial charge in [0.15, 0.2) is 11.5 Å². The molecule has 2 rings (SSSR count). The molecule has 35 heteroatoms. The summed E-state index contributed by atoms with van der Waals surface area (Å²) in [6.45, 7) is 32.3. The van der Waals surface area contributed by atoms with Gasteiger partial charge in [0, 0.05) is 5.56 Å². The lowest BCUT2D eigenvalue weighted by atomic mass is 10.1. The van der Waals surface area contributed by atoms with Crippen molar-refractivity contribution >= 4 is 5.91 Å². The third-order valence-corrected chi connectivity index (χ3v) is 22.8. The average Bonchev–Trinajstić information content (AvgIpc) is 0.809. The fraction of sp³-hybridized carbons (Fsp3) is 0.936. The predicted octanol–water partition coefficient (Wildman–Crippen LogP) is 15.9. The third kappa shape index (κ3) is 103. The van der Waals surface area contributed by atoms with E-state index in [1.165, 1.54) is 180 Å². The fourth-order valence-corrected chi connectivity index (χ4v) is 14.5. The van der Waals surface area contributed by atoms with Gasteiger partial charge in [-0.2, -0.15) is 0 Å². The van der Waals surface area contributed by atoms with Crippen molar-refractivity contribution in [3.8, 4) is 17.2 Å². The van der Waals surface area contributed by atoms with E-state index in [4.69, 9.17) is 152 Å². The maximum absolute atomic E-state index is 14.9. The van der Waals surface area contributed by atoms with Crippen LogP contribution < -0.4 is 19.5 Å². The summed E-state index contributed by atoms with van der Waals surface area (Å²) in [6.07, 6.45) is 43.4. The van der Waals surface area contributed by atoms with Crippen LogP contribution in [-0.4, -0.2) is 426 Å². The number of aliphatic hydroxyl groups excluding tert-OH is 1. The molecule has 1 aliphatic rings. The number of rotatable bonds is 44. The lowest BCUT2D eigenvalue weighted by Gasteiger charge is -2.25. The number of hydrogen-bond acceptors (Lipinski definition) is 34. The predicted molar refractivity (Wildman–Crippen MR) is 557 cm³/mol. The summed E-state index contributed by atoms with van der Waals surface area (Å²) in [5, 5.41) is 15.0. The van der Waals surface area contributed by atoms with E-state index < -0.39 is 18.1 Å². The van der Waals surface area contributed by atoms with Crippen molar-refractivity contribution < 1.29 is 161 Å². The van der Waals surface area contributed by atoms with Crippen molar-refractivity contribution in [2.45, 2.75) is 264 Å². The average molecular weight is 2080 g/mol. The Balaban J connectivity index is 1.97. The van der Waals surface area contributed by atoms with Crippen molar-refractivity contribution in [1.29, 1.82) is 0 Å². The Labute approximate surface area is 870 Å². The van der Waals surface area contributed by atoms with Gasteiger partial charge in [-0.15, -0.1) is 0 Å². The minimum absolute atomic E-state index is 0.0291. The monoisotopic (exact) mass is 2080 g/mol. The summed E-state index contributed by atoms with van der Waals surface area (Å²) >= 11 is 0. The number of nitrogens with one attached hydrogen (secondary N) is 1. The van der Waals surface area contributed by atoms with Crippen LogP contribution in [0.3, 0.4) is 0 Å². The Kier molecular flexibility index (Phi) is 114. The van der Waals surface area contributed by atoms with E-state index in [0.29, 0.717) is 386 Å². The number of ether oxygens (including phenoxy) is 32. The maximum Gasteiger partial charge on any atom is 0.251 e. The molecule has 144 heavy (non-hydrogen) atoms. The Morgan fingerprint density at radius 3 is 0.514 bits per heavy atom. The Hall–Kier alpha value is -3.11. The molecule has 0 aromatic heterocycles. The molecular weight excluding hydrogens is 1870 g/mol. The Bertz CT molecular complexity index is 2560. The lowest BCUT2D eigenvalue weighted by molar-refractivity contribution is -0.0402. The molecule has 0 aliphatic carbocycles. The van der Waals surface area contributed by atoms with Gasteiger partial charge in [-0.3, -0.25) is 4.79 Å². The van der Waals surface area contributed by atoms with Gasteiger partial charge in [-0.25, -0.2) is 0 Å². The highest BCUT2D eigenvalue weighted by molar-refractivity contribution is 5.96. The molecule has 2 unspecified atom stereocenters. The number of carbonyl (C=O) groups is 1. The molecular formula is C109H209NO34. The highest BCUT2D eigenvalue weighted by Gasteiger charge is 2.26. The van der Waals surface area contributed by atoms with Gasteiger partial charge in [0.2, 0.25) is 5.75 Å². The normalized spacial score (nSPS) is 20.3. The molecule has 1 aromatic rings. The lowest BCUT2D eigenvalue weighted by Crippen LogP contribution is -2.48. The Morgan fingerprint density at radius 1 is 0.208 bits per heavy atom. The van der Waals surface area contributed by atoms with Crippen LogP contribution in [0.1, 0.15) is 262 Å². The summed E-state index contributed by atoms with van der Waals surface area (Å²) < 4.78 is 184. The van der Waals surface area contributed by atoms with Gasteiger partial charge in [0.25, 0.3) is 5.91 Å². The standard InChI is InChI=1S/C109H209NO34/c1-4-7-10-13-16-19-22-25-28-31-34-37-40-142-106-99-103(100-107(143-41-38-35-32-29-26-23-20-17-14-11-8-5-2)108(106)144-42-39-36-33-30-27-24-21-18-15-12-9-6-3)109(112)110-104-101-140-97-95-138-93-91-136-89-87-134-85-83-132-81-79-130-77-75-128-73-71-126-69-67-124-65-63-122-61-59-120-57-55-118-53-51-116-49-47-114-45-43-113-44-46-115-48-50-117-52-54-119-56-58-121-60-62-123-64-66-125-68-70-127-72-74-129-76-78-131-80-82-133-84-86-135-88-90-137-92-94-139-96-98-141-102-105(104)111/h99-100,104-105,111H,4-98,101-102H2,1-3H3,(H,110,112). The van der Waals surface area contributed by atoms with E-state index in [9.17, 15) is 9.90 Å². The third-order valence-electron chi connectivity index (χ3n) is 22.8. The number of amides is 1. The van der Waals surface area contributed by atoms with Crippen molar-refractivity contribution in [2.24, 2.45) is 0 Å². The summed E-state index contributed by atoms with van der Waals surface area (Å²) in [4.78, 5) is 14.9. The van der Waals surface area contributed by atoms with E-state index >= 15 is 0 Å². The first-order valence-corrected chi connectivity index (χ1v) is 56.4. The zero-order valence-corrected chi connectivity index (χ0v) is 90.8. The molecule has 1 amide bonds. The number of hydrogen-bond donors (Lipinski definition) is 2. The van der Waals surface area contributed by atoms with Crippen LogP contribution in [0.15, 0.2) is 12.1 Å². The highest BCUT2D eigenvalue weighted by Crippen LogP contribution is 2.40. The second kappa shape index (κ2) is 120. The number of aliphatic hydroxyl groups is 1. The number of carbonyl (C=O) groups excluding carboxylic acids is 1.